The first kappa shape index (κ1) is 19.3. The number of thiazole rings is 1. The maximum absolute atomic E-state index is 12.4. The van der Waals surface area contributed by atoms with Crippen LogP contribution in [0.15, 0.2) is 41.9 Å². The summed E-state index contributed by atoms with van der Waals surface area (Å²) in [5, 5.41) is 15.6. The zero-order chi connectivity index (χ0) is 20.1. The molecule has 3 rings (SSSR count). The lowest BCUT2D eigenvalue weighted by molar-refractivity contribution is -0.122. The zero-order valence-corrected chi connectivity index (χ0v) is 16.0. The van der Waals surface area contributed by atoms with Gasteiger partial charge in [-0.3, -0.25) is 4.79 Å². The molecule has 9 heteroatoms. The number of aromatic nitrogens is 3. The van der Waals surface area contributed by atoms with Crippen molar-refractivity contribution in [3.63, 3.8) is 0 Å². The Balaban J connectivity index is 1.72. The molecule has 1 atom stereocenters. The van der Waals surface area contributed by atoms with E-state index in [1.165, 1.54) is 23.1 Å². The molecule has 0 radical (unpaired) electrons. The van der Waals surface area contributed by atoms with Gasteiger partial charge in [0.15, 0.2) is 24.1 Å². The third kappa shape index (κ3) is 4.07. The molecule has 0 saturated carbocycles. The summed E-state index contributed by atoms with van der Waals surface area (Å²) >= 11 is 1.22. The fourth-order valence-electron chi connectivity index (χ4n) is 2.42. The summed E-state index contributed by atoms with van der Waals surface area (Å²) in [7, 11) is 1.41. The lowest BCUT2D eigenvalue weighted by Crippen LogP contribution is -2.20. The standard InChI is InChI=1S/C19H16N4O4S/c1-12-11-28-18(21-12)14(8-20)15(24)10-27-19(25)17-16(26-2)9-23(22-17)13-6-4-3-5-7-13/h3-7,9,11,14H,10H2,1-2H3/t14-/m1/s1. The summed E-state index contributed by atoms with van der Waals surface area (Å²) in [6.07, 6.45) is 1.55. The van der Waals surface area contributed by atoms with Crippen LogP contribution in [-0.4, -0.2) is 40.2 Å². The fraction of sp³-hybridized carbons (Fsp3) is 0.211. The fourth-order valence-corrected chi connectivity index (χ4v) is 3.28. The van der Waals surface area contributed by atoms with Gasteiger partial charge in [-0.2, -0.15) is 10.4 Å². The lowest BCUT2D eigenvalue weighted by atomic mass is 10.1. The van der Waals surface area contributed by atoms with Crippen LogP contribution in [0.4, 0.5) is 0 Å². The van der Waals surface area contributed by atoms with Crippen molar-refractivity contribution in [1.82, 2.24) is 14.8 Å². The molecule has 3 aromatic rings. The Morgan fingerprint density at radius 3 is 2.68 bits per heavy atom. The van der Waals surface area contributed by atoms with Gasteiger partial charge in [-0.15, -0.1) is 11.3 Å². The van der Waals surface area contributed by atoms with Crippen molar-refractivity contribution in [2.75, 3.05) is 13.7 Å². The average Bonchev–Trinajstić information content (AvgIpc) is 3.34. The van der Waals surface area contributed by atoms with E-state index in [1.807, 2.05) is 36.4 Å². The van der Waals surface area contributed by atoms with Crippen LogP contribution in [-0.2, 0) is 9.53 Å². The van der Waals surface area contributed by atoms with Crippen LogP contribution in [0.1, 0.15) is 27.1 Å². The van der Waals surface area contributed by atoms with Gasteiger partial charge >= 0.3 is 5.97 Å². The smallest absolute Gasteiger partial charge is 0.363 e. The van der Waals surface area contributed by atoms with Gasteiger partial charge in [0, 0.05) is 11.1 Å². The zero-order valence-electron chi connectivity index (χ0n) is 15.2. The highest BCUT2D eigenvalue weighted by Crippen LogP contribution is 2.22. The number of carbonyl (C=O) groups is 2. The van der Waals surface area contributed by atoms with Gasteiger partial charge in [-0.05, 0) is 19.1 Å². The number of carbonyl (C=O) groups excluding carboxylic acids is 2. The maximum atomic E-state index is 12.4. The van der Waals surface area contributed by atoms with E-state index in [1.54, 1.807) is 18.5 Å². The monoisotopic (exact) mass is 396 g/mol. The molecule has 0 spiro atoms. The lowest BCUT2D eigenvalue weighted by Gasteiger charge is -2.06. The molecule has 0 bridgehead atoms. The Bertz CT molecular complexity index is 1040. The van der Waals surface area contributed by atoms with E-state index in [-0.39, 0.29) is 11.4 Å². The average molecular weight is 396 g/mol. The molecule has 28 heavy (non-hydrogen) atoms. The quantitative estimate of drug-likeness (QED) is 0.565. The maximum Gasteiger partial charge on any atom is 0.363 e. The van der Waals surface area contributed by atoms with Crippen molar-refractivity contribution in [3.05, 3.63) is 58.3 Å². The Morgan fingerprint density at radius 1 is 1.32 bits per heavy atom. The van der Waals surface area contributed by atoms with Gasteiger partial charge in [0.25, 0.3) is 0 Å². The first-order valence-corrected chi connectivity index (χ1v) is 9.12. The predicted molar refractivity (Wildman–Crippen MR) is 101 cm³/mol. The number of hydrogen-bond donors (Lipinski definition) is 0. The van der Waals surface area contributed by atoms with Crippen LogP contribution in [0, 0.1) is 18.3 Å². The number of nitriles is 1. The van der Waals surface area contributed by atoms with E-state index in [9.17, 15) is 14.9 Å². The summed E-state index contributed by atoms with van der Waals surface area (Å²) < 4.78 is 11.7. The SMILES string of the molecule is COc1cn(-c2ccccc2)nc1C(=O)OCC(=O)[C@@H](C#N)c1nc(C)cs1. The topological polar surface area (TPSA) is 107 Å². The van der Waals surface area contributed by atoms with Crippen LogP contribution in [0.2, 0.25) is 0 Å². The number of nitrogens with zero attached hydrogens (tertiary/aromatic N) is 4. The number of ketones is 1. The van der Waals surface area contributed by atoms with Crippen LogP contribution >= 0.6 is 11.3 Å². The van der Waals surface area contributed by atoms with Crippen molar-refractivity contribution in [1.29, 1.82) is 5.26 Å². The van der Waals surface area contributed by atoms with E-state index in [0.29, 0.717) is 5.01 Å². The summed E-state index contributed by atoms with van der Waals surface area (Å²) in [6, 6.07) is 11.1. The molecule has 142 valence electrons. The minimum Gasteiger partial charge on any atom is -0.493 e. The van der Waals surface area contributed by atoms with E-state index in [2.05, 4.69) is 10.1 Å². The van der Waals surface area contributed by atoms with E-state index < -0.39 is 24.3 Å². The van der Waals surface area contributed by atoms with Crippen LogP contribution in [0.3, 0.4) is 0 Å². The summed E-state index contributed by atoms with van der Waals surface area (Å²) in [6.45, 7) is 1.21. The molecular weight excluding hydrogens is 380 g/mol. The van der Waals surface area contributed by atoms with Gasteiger partial charge in [0.2, 0.25) is 5.69 Å². The number of benzene rings is 1. The van der Waals surface area contributed by atoms with E-state index in [4.69, 9.17) is 9.47 Å². The molecule has 0 aliphatic carbocycles. The van der Waals surface area contributed by atoms with Gasteiger partial charge in [-0.25, -0.2) is 14.5 Å². The Morgan fingerprint density at radius 2 is 2.07 bits per heavy atom. The Labute approximate surface area is 165 Å². The number of rotatable bonds is 7. The van der Waals surface area contributed by atoms with Crippen molar-refractivity contribution >= 4 is 23.1 Å². The molecule has 2 heterocycles. The van der Waals surface area contributed by atoms with Gasteiger partial charge in [0.1, 0.15) is 5.01 Å². The third-order valence-corrected chi connectivity index (χ3v) is 4.82. The number of esters is 1. The van der Waals surface area contributed by atoms with Gasteiger partial charge in [0.05, 0.1) is 25.1 Å². The number of methoxy groups -OCH3 is 1. The highest BCUT2D eigenvalue weighted by atomic mass is 32.1. The molecule has 0 amide bonds. The second-order valence-corrected chi connectivity index (χ2v) is 6.65. The molecule has 0 N–H and O–H groups in total. The molecule has 0 aliphatic heterocycles. The third-order valence-electron chi connectivity index (χ3n) is 3.79. The van der Waals surface area contributed by atoms with Crippen LogP contribution in [0.5, 0.6) is 5.75 Å². The minimum atomic E-state index is -1.07. The first-order valence-electron chi connectivity index (χ1n) is 8.24. The van der Waals surface area contributed by atoms with E-state index in [0.717, 1.165) is 11.4 Å². The normalized spacial score (nSPS) is 11.5. The van der Waals surface area contributed by atoms with E-state index >= 15 is 0 Å². The summed E-state index contributed by atoms with van der Waals surface area (Å²) in [5.41, 5.74) is 1.40. The Kier molecular flexibility index (Phi) is 5.81. The molecule has 0 aliphatic rings. The van der Waals surface area contributed by atoms with Gasteiger partial charge in [-0.1, -0.05) is 18.2 Å². The number of Topliss-reactive ketones (excluding diaryl/α,β-unsaturated/α-hetero) is 1. The molecular formula is C19H16N4O4S. The molecule has 0 saturated heterocycles. The number of ether oxygens (including phenoxy) is 2. The van der Waals surface area contributed by atoms with Crippen molar-refractivity contribution in [3.8, 4) is 17.5 Å². The molecule has 1 aromatic carbocycles. The Hall–Kier alpha value is -3.51. The molecule has 8 nitrogen and oxygen atoms in total. The first-order chi connectivity index (χ1) is 13.5. The molecule has 0 fully saturated rings. The van der Waals surface area contributed by atoms with Crippen LogP contribution < -0.4 is 4.74 Å². The van der Waals surface area contributed by atoms with Crippen molar-refractivity contribution < 1.29 is 19.1 Å². The minimum absolute atomic E-state index is 0.0576. The largest absolute Gasteiger partial charge is 0.493 e. The second-order valence-electron chi connectivity index (χ2n) is 5.76. The van der Waals surface area contributed by atoms with Crippen molar-refractivity contribution in [2.45, 2.75) is 12.8 Å². The highest BCUT2D eigenvalue weighted by molar-refractivity contribution is 7.09. The summed E-state index contributed by atoms with van der Waals surface area (Å²) in [4.78, 5) is 28.9. The summed E-state index contributed by atoms with van der Waals surface area (Å²) in [5.74, 6) is -2.22. The number of aryl methyl sites for hydroxylation is 1. The molecule has 0 unspecified atom stereocenters. The van der Waals surface area contributed by atoms with Crippen molar-refractivity contribution in [2.24, 2.45) is 0 Å². The number of para-hydroxylation sites is 1. The highest BCUT2D eigenvalue weighted by Gasteiger charge is 2.26. The second kappa shape index (κ2) is 8.45. The molecule has 2 aromatic heterocycles. The van der Waals surface area contributed by atoms with Gasteiger partial charge < -0.3 is 9.47 Å². The van der Waals surface area contributed by atoms with Crippen LogP contribution in [0.25, 0.3) is 5.69 Å². The number of hydrogen-bond acceptors (Lipinski definition) is 8. The predicted octanol–water partition coefficient (Wildman–Crippen LogP) is 2.68.